The SMILES string of the molecule is N=C(Nc1ccc(F)c(Br)c1)c1nonc1NC(=O)c1ccc(CN2CCS(=O)(=O)CC2)cc1. The number of nitrogens with one attached hydrogen (secondary N) is 3. The Labute approximate surface area is 203 Å². The van der Waals surface area contributed by atoms with Gasteiger partial charge in [0.05, 0.1) is 16.0 Å². The first-order valence-corrected chi connectivity index (χ1v) is 12.8. The zero-order valence-corrected chi connectivity index (χ0v) is 20.1. The fourth-order valence-electron chi connectivity index (χ4n) is 3.32. The van der Waals surface area contributed by atoms with Crippen LogP contribution in [0.15, 0.2) is 51.6 Å². The van der Waals surface area contributed by atoms with Crippen molar-refractivity contribution in [2.24, 2.45) is 0 Å². The third-order valence-electron chi connectivity index (χ3n) is 5.21. The van der Waals surface area contributed by atoms with Crippen LogP contribution in [0, 0.1) is 11.2 Å². The van der Waals surface area contributed by atoms with Gasteiger partial charge < -0.3 is 10.6 Å². The van der Waals surface area contributed by atoms with Gasteiger partial charge in [0.2, 0.25) is 5.82 Å². The normalized spacial score (nSPS) is 15.6. The predicted molar refractivity (Wildman–Crippen MR) is 127 cm³/mol. The second-order valence-corrected chi connectivity index (χ2v) is 10.8. The van der Waals surface area contributed by atoms with Crippen LogP contribution in [0.5, 0.6) is 0 Å². The van der Waals surface area contributed by atoms with Crippen molar-refractivity contribution in [1.82, 2.24) is 15.2 Å². The van der Waals surface area contributed by atoms with Gasteiger partial charge in [-0.3, -0.25) is 15.1 Å². The van der Waals surface area contributed by atoms with Crippen molar-refractivity contribution in [2.45, 2.75) is 6.54 Å². The van der Waals surface area contributed by atoms with Gasteiger partial charge in [0.25, 0.3) is 5.91 Å². The van der Waals surface area contributed by atoms with E-state index in [0.717, 1.165) is 5.56 Å². The quantitative estimate of drug-likeness (QED) is 0.314. The molecular formula is C21H20BrFN6O4S. The fraction of sp³-hybridized carbons (Fsp3) is 0.238. The molecule has 1 aromatic heterocycles. The van der Waals surface area contributed by atoms with E-state index in [2.05, 4.69) is 46.4 Å². The summed E-state index contributed by atoms with van der Waals surface area (Å²) in [7, 11) is -2.93. The van der Waals surface area contributed by atoms with E-state index in [-0.39, 0.29) is 33.3 Å². The van der Waals surface area contributed by atoms with Gasteiger partial charge in [-0.2, -0.15) is 0 Å². The van der Waals surface area contributed by atoms with E-state index >= 15 is 0 Å². The lowest BCUT2D eigenvalue weighted by Gasteiger charge is -2.26. The number of halogens is 2. The maximum absolute atomic E-state index is 13.4. The monoisotopic (exact) mass is 550 g/mol. The summed E-state index contributed by atoms with van der Waals surface area (Å²) < 4.78 is 41.5. The third-order valence-corrected chi connectivity index (χ3v) is 7.42. The highest BCUT2D eigenvalue weighted by molar-refractivity contribution is 9.10. The van der Waals surface area contributed by atoms with Crippen LogP contribution in [0.2, 0.25) is 0 Å². The highest BCUT2D eigenvalue weighted by Gasteiger charge is 2.22. The molecule has 10 nitrogen and oxygen atoms in total. The number of amides is 1. The molecule has 3 aromatic rings. The van der Waals surface area contributed by atoms with Crippen LogP contribution in [0.1, 0.15) is 21.6 Å². The van der Waals surface area contributed by atoms with Crippen molar-refractivity contribution in [1.29, 1.82) is 5.41 Å². The number of amidine groups is 1. The molecule has 0 atom stereocenters. The van der Waals surface area contributed by atoms with Crippen LogP contribution < -0.4 is 10.6 Å². The summed E-state index contributed by atoms with van der Waals surface area (Å²) in [6.45, 7) is 1.57. The average Bonchev–Trinajstić information content (AvgIpc) is 3.26. The number of benzene rings is 2. The summed E-state index contributed by atoms with van der Waals surface area (Å²) in [5.41, 5.74) is 1.72. The Balaban J connectivity index is 1.37. The fourth-order valence-corrected chi connectivity index (χ4v) is 4.98. The molecular weight excluding hydrogens is 531 g/mol. The number of carbonyl (C=O) groups excluding carboxylic acids is 1. The Morgan fingerprint density at radius 1 is 1.12 bits per heavy atom. The minimum Gasteiger partial charge on any atom is -0.339 e. The summed E-state index contributed by atoms with van der Waals surface area (Å²) in [5.74, 6) is -0.836. The smallest absolute Gasteiger partial charge is 0.256 e. The Bertz CT molecular complexity index is 1320. The Kier molecular flexibility index (Phi) is 7.05. The molecule has 2 heterocycles. The van der Waals surface area contributed by atoms with E-state index < -0.39 is 21.6 Å². The summed E-state index contributed by atoms with van der Waals surface area (Å²) in [6, 6.07) is 11.0. The highest BCUT2D eigenvalue weighted by Crippen LogP contribution is 2.21. The molecule has 1 aliphatic rings. The number of nitrogens with zero attached hydrogens (tertiary/aromatic N) is 3. The van der Waals surface area contributed by atoms with E-state index in [1.165, 1.54) is 18.2 Å². The van der Waals surface area contributed by atoms with Gasteiger partial charge in [-0.05, 0) is 62.1 Å². The van der Waals surface area contributed by atoms with Crippen LogP contribution >= 0.6 is 15.9 Å². The third kappa shape index (κ3) is 5.85. The molecule has 0 saturated carbocycles. The Morgan fingerprint density at radius 2 is 1.82 bits per heavy atom. The van der Waals surface area contributed by atoms with Gasteiger partial charge in [-0.25, -0.2) is 17.4 Å². The molecule has 0 aliphatic carbocycles. The molecule has 1 fully saturated rings. The molecule has 2 aromatic carbocycles. The van der Waals surface area contributed by atoms with E-state index in [1.807, 2.05) is 0 Å². The van der Waals surface area contributed by atoms with E-state index in [1.54, 1.807) is 24.3 Å². The van der Waals surface area contributed by atoms with Crippen molar-refractivity contribution in [2.75, 3.05) is 35.2 Å². The molecule has 0 bridgehead atoms. The number of anilines is 2. The van der Waals surface area contributed by atoms with E-state index in [0.29, 0.717) is 30.9 Å². The lowest BCUT2D eigenvalue weighted by Crippen LogP contribution is -2.39. The van der Waals surface area contributed by atoms with Gasteiger partial charge in [0.15, 0.2) is 21.4 Å². The largest absolute Gasteiger partial charge is 0.339 e. The van der Waals surface area contributed by atoms with Gasteiger partial charge >= 0.3 is 0 Å². The second-order valence-electron chi connectivity index (χ2n) is 7.67. The molecule has 178 valence electrons. The van der Waals surface area contributed by atoms with Crippen LogP contribution in [0.25, 0.3) is 0 Å². The van der Waals surface area contributed by atoms with Gasteiger partial charge in [-0.1, -0.05) is 12.1 Å². The molecule has 3 N–H and O–H groups in total. The zero-order chi connectivity index (χ0) is 24.3. The lowest BCUT2D eigenvalue weighted by molar-refractivity contribution is 0.102. The van der Waals surface area contributed by atoms with Crippen molar-refractivity contribution in [3.63, 3.8) is 0 Å². The van der Waals surface area contributed by atoms with E-state index in [4.69, 9.17) is 5.41 Å². The molecule has 0 spiro atoms. The molecule has 34 heavy (non-hydrogen) atoms. The van der Waals surface area contributed by atoms with Crippen LogP contribution in [0.4, 0.5) is 15.9 Å². The predicted octanol–water partition coefficient (Wildman–Crippen LogP) is 2.89. The van der Waals surface area contributed by atoms with Crippen molar-refractivity contribution < 1.29 is 22.2 Å². The first kappa shape index (κ1) is 24.0. The molecule has 1 saturated heterocycles. The van der Waals surface area contributed by atoms with Crippen molar-refractivity contribution in [3.05, 3.63) is 69.6 Å². The van der Waals surface area contributed by atoms with E-state index in [9.17, 15) is 17.6 Å². The summed E-state index contributed by atoms with van der Waals surface area (Å²) in [6.07, 6.45) is 0. The second kappa shape index (κ2) is 9.99. The number of sulfone groups is 1. The van der Waals surface area contributed by atoms with Gasteiger partial charge in [-0.15, -0.1) is 0 Å². The molecule has 0 unspecified atom stereocenters. The van der Waals surface area contributed by atoms with Crippen molar-refractivity contribution >= 4 is 49.0 Å². The Morgan fingerprint density at radius 3 is 2.50 bits per heavy atom. The maximum Gasteiger partial charge on any atom is 0.256 e. The van der Waals surface area contributed by atoms with Gasteiger partial charge in [0.1, 0.15) is 5.82 Å². The summed E-state index contributed by atoms with van der Waals surface area (Å²) >= 11 is 3.08. The first-order valence-electron chi connectivity index (χ1n) is 10.2. The number of rotatable bonds is 6. The Hall–Kier alpha value is -3.16. The molecule has 4 rings (SSSR count). The minimum absolute atomic E-state index is 0.0227. The number of hydrogen-bond donors (Lipinski definition) is 3. The van der Waals surface area contributed by atoms with Crippen LogP contribution in [-0.2, 0) is 16.4 Å². The highest BCUT2D eigenvalue weighted by atomic mass is 79.9. The molecule has 1 amide bonds. The number of carbonyl (C=O) groups is 1. The summed E-state index contributed by atoms with van der Waals surface area (Å²) in [5, 5.41) is 20.8. The standard InChI is InChI=1S/C21H20BrFN6O4S/c22-16-11-15(5-6-17(16)23)25-19(24)18-20(28-33-27-18)26-21(30)14-3-1-13(2-4-14)12-29-7-9-34(31,32)10-8-29/h1-6,11H,7-10,12H2,(H2,24,25)(H,26,28,30). The molecule has 0 radical (unpaired) electrons. The molecule has 13 heteroatoms. The topological polar surface area (TPSA) is 141 Å². The molecule has 1 aliphatic heterocycles. The van der Waals surface area contributed by atoms with Crippen LogP contribution in [0.3, 0.4) is 0 Å². The lowest BCUT2D eigenvalue weighted by atomic mass is 10.1. The minimum atomic E-state index is -2.93. The number of hydrogen-bond acceptors (Lipinski definition) is 8. The maximum atomic E-state index is 13.4. The first-order chi connectivity index (χ1) is 16.2. The summed E-state index contributed by atoms with van der Waals surface area (Å²) in [4.78, 5) is 14.7. The van der Waals surface area contributed by atoms with Gasteiger partial charge in [0, 0.05) is 30.9 Å². The van der Waals surface area contributed by atoms with Crippen LogP contribution in [-0.4, -0.2) is 60.0 Å². The number of aromatic nitrogens is 2. The zero-order valence-electron chi connectivity index (χ0n) is 17.7. The average molecular weight is 551 g/mol. The van der Waals surface area contributed by atoms with Crippen molar-refractivity contribution in [3.8, 4) is 0 Å².